The molecule has 37 heavy (non-hydrogen) atoms. The lowest BCUT2D eigenvalue weighted by Crippen LogP contribution is -2.53. The number of carbonyl (C=O) groups excluding carboxylic acids is 1. The van der Waals surface area contributed by atoms with Gasteiger partial charge in [0.25, 0.3) is 0 Å². The molecule has 1 saturated heterocycles. The van der Waals surface area contributed by atoms with Crippen LogP contribution in [0.5, 0.6) is 5.75 Å². The standard InChI is InChI=1S/C24H35BF3N2O6S/c1-15-9-21(29(37(4,32)33)13-16-5-7-19(34-2)8-6-16)22(30(15)24(31)35-3)14-36-20-11-17-10-18(12-20)23(17)25(26,27)28/h5-8,15,17-18,20-23H,9-14H2,1-4H3/q-1/t15-,17?,18?,20?,21+,22+,23?/m1/s1. The molecular formula is C24H35BF3N2O6S-. The summed E-state index contributed by atoms with van der Waals surface area (Å²) in [6, 6.07) is 5.52. The van der Waals surface area contributed by atoms with Crippen LogP contribution in [-0.2, 0) is 26.0 Å². The SMILES string of the molecule is COC(=O)N1[C@H](C)C[C@H](N(Cc2ccc(OC)cc2)S(C)(=O)=O)[C@@H]1COC1CC2CC(C1)C2[B-](F)(F)F. The molecule has 13 heteroatoms. The fourth-order valence-electron chi connectivity index (χ4n) is 6.60. The summed E-state index contributed by atoms with van der Waals surface area (Å²) in [4.78, 5) is 14.2. The van der Waals surface area contributed by atoms with Crippen LogP contribution in [0.1, 0.15) is 38.2 Å². The van der Waals surface area contributed by atoms with E-state index < -0.39 is 52.8 Å². The molecule has 2 unspecified atom stereocenters. The van der Waals surface area contributed by atoms with Gasteiger partial charge < -0.3 is 27.2 Å². The Bertz CT molecular complexity index is 1060. The van der Waals surface area contributed by atoms with Crippen LogP contribution in [0.3, 0.4) is 0 Å². The number of likely N-dealkylation sites (tertiary alicyclic amines) is 1. The number of rotatable bonds is 9. The molecule has 4 aliphatic rings. The fraction of sp³-hybridized carbons (Fsp3) is 0.708. The number of hydrogen-bond acceptors (Lipinski definition) is 6. The number of hydrogen-bond donors (Lipinski definition) is 0. The number of fused-ring (bicyclic) bond motifs is 2. The van der Waals surface area contributed by atoms with Gasteiger partial charge in [0.1, 0.15) is 5.75 Å². The summed E-state index contributed by atoms with van der Waals surface area (Å²) in [5, 5.41) is 0. The van der Waals surface area contributed by atoms with E-state index in [2.05, 4.69) is 0 Å². The highest BCUT2D eigenvalue weighted by molar-refractivity contribution is 7.88. The van der Waals surface area contributed by atoms with E-state index in [1.807, 2.05) is 6.92 Å². The molecule has 0 aromatic heterocycles. The summed E-state index contributed by atoms with van der Waals surface area (Å²) in [5.41, 5.74) is 0.752. The highest BCUT2D eigenvalue weighted by Gasteiger charge is 2.56. The highest BCUT2D eigenvalue weighted by Crippen LogP contribution is 2.60. The normalized spacial score (nSPS) is 31.8. The molecule has 1 aromatic rings. The molecule has 208 valence electrons. The van der Waals surface area contributed by atoms with Gasteiger partial charge >= 0.3 is 13.1 Å². The maximum Gasteiger partial charge on any atom is 0.481 e. The van der Waals surface area contributed by atoms with E-state index in [0.717, 1.165) is 11.8 Å². The van der Waals surface area contributed by atoms with Crippen LogP contribution in [0, 0.1) is 11.8 Å². The van der Waals surface area contributed by atoms with E-state index in [4.69, 9.17) is 14.2 Å². The molecular weight excluding hydrogens is 512 g/mol. The van der Waals surface area contributed by atoms with Gasteiger partial charge in [0.2, 0.25) is 10.0 Å². The molecule has 2 bridgehead atoms. The Balaban J connectivity index is 1.52. The lowest BCUT2D eigenvalue weighted by Gasteiger charge is -2.56. The smallest absolute Gasteiger partial charge is 0.481 e. The van der Waals surface area contributed by atoms with Crippen molar-refractivity contribution in [1.29, 1.82) is 0 Å². The molecule has 5 rings (SSSR count). The zero-order valence-corrected chi connectivity index (χ0v) is 22.4. The zero-order chi connectivity index (χ0) is 27.1. The Morgan fingerprint density at radius 3 is 2.22 bits per heavy atom. The number of carbonyl (C=O) groups is 1. The Morgan fingerprint density at radius 1 is 1.08 bits per heavy atom. The van der Waals surface area contributed by atoms with Crippen molar-refractivity contribution in [2.75, 3.05) is 27.1 Å². The quantitative estimate of drug-likeness (QED) is 0.433. The second-order valence-corrected chi connectivity index (χ2v) is 12.6. The molecule has 0 spiro atoms. The van der Waals surface area contributed by atoms with Gasteiger partial charge in [-0.3, -0.25) is 4.90 Å². The fourth-order valence-corrected chi connectivity index (χ4v) is 7.71. The Kier molecular flexibility index (Phi) is 8.07. The molecule has 8 nitrogen and oxygen atoms in total. The summed E-state index contributed by atoms with van der Waals surface area (Å²) in [5.74, 6) is -1.38. The maximum absolute atomic E-state index is 13.4. The van der Waals surface area contributed by atoms with Crippen LogP contribution < -0.4 is 4.74 Å². The van der Waals surface area contributed by atoms with Crippen molar-refractivity contribution in [3.8, 4) is 5.75 Å². The van der Waals surface area contributed by atoms with Gasteiger partial charge in [-0.05, 0) is 43.9 Å². The predicted molar refractivity (Wildman–Crippen MR) is 133 cm³/mol. The Labute approximate surface area is 216 Å². The number of ether oxygens (including phenoxy) is 3. The van der Waals surface area contributed by atoms with E-state index >= 15 is 0 Å². The van der Waals surface area contributed by atoms with Crippen molar-refractivity contribution in [3.63, 3.8) is 0 Å². The number of halogens is 3. The second kappa shape index (κ2) is 10.6. The van der Waals surface area contributed by atoms with Crippen LogP contribution in [0.15, 0.2) is 24.3 Å². The summed E-state index contributed by atoms with van der Waals surface area (Å²) in [6.45, 7) is -2.93. The predicted octanol–water partition coefficient (Wildman–Crippen LogP) is 4.09. The van der Waals surface area contributed by atoms with Gasteiger partial charge in [-0.25, -0.2) is 13.2 Å². The lowest BCUT2D eigenvalue weighted by atomic mass is 9.44. The van der Waals surface area contributed by atoms with Crippen molar-refractivity contribution < 1.29 is 40.4 Å². The minimum atomic E-state index is -4.86. The van der Waals surface area contributed by atoms with Crippen molar-refractivity contribution in [1.82, 2.24) is 9.21 Å². The van der Waals surface area contributed by atoms with Crippen molar-refractivity contribution in [2.45, 2.75) is 69.2 Å². The third-order valence-electron chi connectivity index (χ3n) is 8.30. The average Bonchev–Trinajstić information content (AvgIpc) is 3.14. The Morgan fingerprint density at radius 2 is 1.70 bits per heavy atom. The maximum atomic E-state index is 13.4. The van der Waals surface area contributed by atoms with E-state index in [0.29, 0.717) is 31.4 Å². The summed E-state index contributed by atoms with van der Waals surface area (Å²) < 4.78 is 83.7. The molecule has 1 aliphatic heterocycles. The first kappa shape index (κ1) is 28.0. The molecule has 4 fully saturated rings. The number of sulfonamides is 1. The number of amides is 1. The van der Waals surface area contributed by atoms with Gasteiger partial charge in [0, 0.05) is 18.6 Å². The van der Waals surface area contributed by atoms with E-state index in [1.165, 1.54) is 16.3 Å². The van der Waals surface area contributed by atoms with Crippen LogP contribution in [0.4, 0.5) is 17.7 Å². The zero-order valence-electron chi connectivity index (χ0n) is 21.6. The van der Waals surface area contributed by atoms with Crippen LogP contribution >= 0.6 is 0 Å². The molecule has 1 aromatic carbocycles. The van der Waals surface area contributed by atoms with Crippen molar-refractivity contribution in [3.05, 3.63) is 29.8 Å². The van der Waals surface area contributed by atoms with E-state index in [-0.39, 0.29) is 25.3 Å². The second-order valence-electron chi connectivity index (χ2n) is 10.6. The molecule has 1 heterocycles. The third kappa shape index (κ3) is 5.88. The minimum Gasteiger partial charge on any atom is -0.497 e. The van der Waals surface area contributed by atoms with Crippen LogP contribution in [0.25, 0.3) is 0 Å². The van der Waals surface area contributed by atoms with E-state index in [1.54, 1.807) is 31.4 Å². The first-order valence-electron chi connectivity index (χ1n) is 12.6. The van der Waals surface area contributed by atoms with Gasteiger partial charge in [0.05, 0.1) is 39.2 Å². The van der Waals surface area contributed by atoms with Crippen molar-refractivity contribution in [2.24, 2.45) is 11.8 Å². The Hall–Kier alpha value is -1.99. The van der Waals surface area contributed by atoms with Gasteiger partial charge in [-0.1, -0.05) is 36.2 Å². The van der Waals surface area contributed by atoms with Gasteiger partial charge in [-0.2, -0.15) is 4.31 Å². The molecule has 0 N–H and O–H groups in total. The average molecular weight is 547 g/mol. The van der Waals surface area contributed by atoms with Gasteiger partial charge in [-0.15, -0.1) is 0 Å². The van der Waals surface area contributed by atoms with E-state index in [9.17, 15) is 26.2 Å². The van der Waals surface area contributed by atoms with Crippen LogP contribution in [0.2, 0.25) is 5.82 Å². The molecule has 5 atom stereocenters. The molecule has 3 saturated carbocycles. The van der Waals surface area contributed by atoms with Gasteiger partial charge in [0.15, 0.2) is 0 Å². The molecule has 0 radical (unpaired) electrons. The van der Waals surface area contributed by atoms with Crippen molar-refractivity contribution >= 4 is 23.1 Å². The highest BCUT2D eigenvalue weighted by atomic mass is 32.2. The summed E-state index contributed by atoms with van der Waals surface area (Å²) in [6.07, 6.45) is 1.81. The topological polar surface area (TPSA) is 85.4 Å². The third-order valence-corrected chi connectivity index (χ3v) is 9.55. The van der Waals surface area contributed by atoms with Crippen LogP contribution in [-0.4, -0.2) is 82.0 Å². The minimum absolute atomic E-state index is 0.0185. The first-order chi connectivity index (χ1) is 17.3. The molecule has 1 amide bonds. The molecule has 3 aliphatic carbocycles. The number of benzene rings is 1. The number of methoxy groups -OCH3 is 2. The first-order valence-corrected chi connectivity index (χ1v) is 14.5. The monoisotopic (exact) mass is 547 g/mol. The number of nitrogens with zero attached hydrogens (tertiary/aromatic N) is 2. The summed E-state index contributed by atoms with van der Waals surface area (Å²) >= 11 is 0. The summed E-state index contributed by atoms with van der Waals surface area (Å²) in [7, 11) is -0.889. The lowest BCUT2D eigenvalue weighted by molar-refractivity contribution is -0.0714. The largest absolute Gasteiger partial charge is 0.497 e.